The van der Waals surface area contributed by atoms with E-state index < -0.39 is 0 Å². The Morgan fingerprint density at radius 3 is 2.75 bits per heavy atom. The number of terminal acetylenes is 1. The minimum absolute atomic E-state index is 0.659. The standard InChI is InChI=1S/C11H22N2O.C2H2/c1-3-10(2)13-5-4-12-6-7-14-9-11(12)8-13;1-2/h10-11H,3-9H2,1-2H3;1-2H. The van der Waals surface area contributed by atoms with E-state index in [-0.39, 0.29) is 0 Å². The molecule has 0 aromatic carbocycles. The fraction of sp³-hybridized carbons (Fsp3) is 0.846. The van der Waals surface area contributed by atoms with E-state index in [2.05, 4.69) is 36.5 Å². The number of hydrogen-bond acceptors (Lipinski definition) is 3. The van der Waals surface area contributed by atoms with Gasteiger partial charge in [0.1, 0.15) is 0 Å². The lowest BCUT2D eigenvalue weighted by molar-refractivity contribution is -0.0518. The average Bonchev–Trinajstić information content (AvgIpc) is 2.39. The molecule has 2 unspecified atom stereocenters. The molecule has 0 amide bonds. The zero-order valence-electron chi connectivity index (χ0n) is 10.6. The number of fused-ring (bicyclic) bond motifs is 1. The van der Waals surface area contributed by atoms with Crippen molar-refractivity contribution in [3.05, 3.63) is 0 Å². The smallest absolute Gasteiger partial charge is 0.0634 e. The van der Waals surface area contributed by atoms with Crippen LogP contribution in [0.4, 0.5) is 0 Å². The van der Waals surface area contributed by atoms with Crippen LogP contribution in [0.2, 0.25) is 0 Å². The Balaban J connectivity index is 0.000000606. The van der Waals surface area contributed by atoms with Crippen LogP contribution in [0, 0.1) is 12.8 Å². The summed E-state index contributed by atoms with van der Waals surface area (Å²) in [5.74, 6) is 0. The number of rotatable bonds is 2. The lowest BCUT2D eigenvalue weighted by atomic mass is 10.1. The van der Waals surface area contributed by atoms with E-state index in [1.54, 1.807) is 0 Å². The molecule has 16 heavy (non-hydrogen) atoms. The molecule has 2 saturated heterocycles. The van der Waals surface area contributed by atoms with Gasteiger partial charge < -0.3 is 4.74 Å². The monoisotopic (exact) mass is 224 g/mol. The summed E-state index contributed by atoms with van der Waals surface area (Å²) < 4.78 is 5.53. The van der Waals surface area contributed by atoms with Gasteiger partial charge in [-0.3, -0.25) is 9.80 Å². The molecule has 3 heteroatoms. The summed E-state index contributed by atoms with van der Waals surface area (Å²) in [6, 6.07) is 1.39. The Bertz CT molecular complexity index is 217. The fourth-order valence-corrected chi connectivity index (χ4v) is 2.43. The number of piperazine rings is 1. The van der Waals surface area contributed by atoms with E-state index in [0.717, 1.165) is 25.8 Å². The third-order valence-corrected chi connectivity index (χ3v) is 3.68. The predicted molar refractivity (Wildman–Crippen MR) is 67.4 cm³/mol. The zero-order chi connectivity index (χ0) is 12.0. The molecule has 0 aliphatic carbocycles. The van der Waals surface area contributed by atoms with Gasteiger partial charge in [-0.1, -0.05) is 6.92 Å². The molecule has 0 spiro atoms. The molecule has 2 heterocycles. The molecule has 0 aromatic heterocycles. The minimum Gasteiger partial charge on any atom is -0.378 e. The summed E-state index contributed by atoms with van der Waals surface area (Å²) >= 11 is 0. The van der Waals surface area contributed by atoms with E-state index in [0.29, 0.717) is 6.04 Å². The van der Waals surface area contributed by atoms with Crippen LogP contribution in [0.5, 0.6) is 0 Å². The summed E-state index contributed by atoms with van der Waals surface area (Å²) in [6.07, 6.45) is 9.26. The predicted octanol–water partition coefficient (Wildman–Crippen LogP) is 1.05. The third-order valence-electron chi connectivity index (χ3n) is 3.68. The summed E-state index contributed by atoms with van der Waals surface area (Å²) in [7, 11) is 0. The van der Waals surface area contributed by atoms with Crippen LogP contribution < -0.4 is 0 Å². The molecule has 0 radical (unpaired) electrons. The topological polar surface area (TPSA) is 15.7 Å². The first kappa shape index (κ1) is 13.5. The molecular weight excluding hydrogens is 200 g/mol. The summed E-state index contributed by atoms with van der Waals surface area (Å²) in [5, 5.41) is 0. The molecular formula is C13H24N2O. The highest BCUT2D eigenvalue weighted by Crippen LogP contribution is 2.16. The van der Waals surface area contributed by atoms with Gasteiger partial charge in [0.2, 0.25) is 0 Å². The molecule has 0 aromatic rings. The second-order valence-corrected chi connectivity index (χ2v) is 4.52. The quantitative estimate of drug-likeness (QED) is 0.652. The second-order valence-electron chi connectivity index (χ2n) is 4.52. The Kier molecular flexibility index (Phi) is 5.83. The summed E-state index contributed by atoms with van der Waals surface area (Å²) in [5.41, 5.74) is 0. The lowest BCUT2D eigenvalue weighted by Gasteiger charge is -2.45. The van der Waals surface area contributed by atoms with Crippen molar-refractivity contribution in [1.82, 2.24) is 9.80 Å². The van der Waals surface area contributed by atoms with Crippen LogP contribution in [0.3, 0.4) is 0 Å². The number of hydrogen-bond donors (Lipinski definition) is 0. The Morgan fingerprint density at radius 2 is 2.06 bits per heavy atom. The molecule has 0 saturated carbocycles. The Labute approximate surface area is 99.7 Å². The van der Waals surface area contributed by atoms with E-state index in [9.17, 15) is 0 Å². The number of nitrogens with zero attached hydrogens (tertiary/aromatic N) is 2. The van der Waals surface area contributed by atoms with Crippen LogP contribution >= 0.6 is 0 Å². The lowest BCUT2D eigenvalue weighted by Crippen LogP contribution is -2.59. The molecule has 2 rings (SSSR count). The number of ether oxygens (including phenoxy) is 1. The van der Waals surface area contributed by atoms with Gasteiger partial charge in [0.15, 0.2) is 0 Å². The van der Waals surface area contributed by atoms with Crippen LogP contribution in [0.15, 0.2) is 0 Å². The van der Waals surface area contributed by atoms with Crippen molar-refractivity contribution < 1.29 is 4.74 Å². The van der Waals surface area contributed by atoms with Gasteiger partial charge in [-0.05, 0) is 13.3 Å². The van der Waals surface area contributed by atoms with Crippen molar-refractivity contribution >= 4 is 0 Å². The van der Waals surface area contributed by atoms with Gasteiger partial charge in [0.05, 0.1) is 13.2 Å². The SMILES string of the molecule is C#C.CCC(C)N1CCN2CCOCC2C1. The van der Waals surface area contributed by atoms with Crippen molar-refractivity contribution in [2.24, 2.45) is 0 Å². The first-order valence-corrected chi connectivity index (χ1v) is 6.20. The van der Waals surface area contributed by atoms with Gasteiger partial charge in [-0.2, -0.15) is 0 Å². The summed E-state index contributed by atoms with van der Waals surface area (Å²) in [6.45, 7) is 11.3. The highest BCUT2D eigenvalue weighted by molar-refractivity contribution is 4.85. The van der Waals surface area contributed by atoms with Crippen LogP contribution in [0.1, 0.15) is 20.3 Å². The summed E-state index contributed by atoms with van der Waals surface area (Å²) in [4.78, 5) is 5.19. The van der Waals surface area contributed by atoms with E-state index in [1.807, 2.05) is 0 Å². The minimum atomic E-state index is 0.659. The fourth-order valence-electron chi connectivity index (χ4n) is 2.43. The van der Waals surface area contributed by atoms with Crippen molar-refractivity contribution in [1.29, 1.82) is 0 Å². The van der Waals surface area contributed by atoms with E-state index >= 15 is 0 Å². The van der Waals surface area contributed by atoms with Crippen LogP contribution in [-0.2, 0) is 4.74 Å². The van der Waals surface area contributed by atoms with E-state index in [4.69, 9.17) is 4.74 Å². The maximum atomic E-state index is 5.53. The van der Waals surface area contributed by atoms with Gasteiger partial charge in [-0.25, -0.2) is 0 Å². The highest BCUT2D eigenvalue weighted by Gasteiger charge is 2.30. The normalized spacial score (nSPS) is 28.6. The van der Waals surface area contributed by atoms with E-state index in [1.165, 1.54) is 26.1 Å². The third kappa shape index (κ3) is 3.21. The van der Waals surface area contributed by atoms with Crippen LogP contribution in [0.25, 0.3) is 0 Å². The average molecular weight is 224 g/mol. The van der Waals surface area contributed by atoms with Gasteiger partial charge in [0, 0.05) is 38.3 Å². The molecule has 0 bridgehead atoms. The molecule has 3 nitrogen and oxygen atoms in total. The maximum absolute atomic E-state index is 5.53. The van der Waals surface area contributed by atoms with Crippen molar-refractivity contribution in [2.45, 2.75) is 32.4 Å². The molecule has 92 valence electrons. The Morgan fingerprint density at radius 1 is 1.31 bits per heavy atom. The van der Waals surface area contributed by atoms with Crippen LogP contribution in [-0.4, -0.2) is 61.3 Å². The van der Waals surface area contributed by atoms with Crippen molar-refractivity contribution in [3.8, 4) is 12.8 Å². The van der Waals surface area contributed by atoms with Crippen molar-refractivity contribution in [3.63, 3.8) is 0 Å². The first-order valence-electron chi connectivity index (χ1n) is 6.20. The van der Waals surface area contributed by atoms with Gasteiger partial charge >= 0.3 is 0 Å². The largest absolute Gasteiger partial charge is 0.378 e. The second kappa shape index (κ2) is 6.90. The van der Waals surface area contributed by atoms with Gasteiger partial charge in [0.25, 0.3) is 0 Å². The molecule has 0 N–H and O–H groups in total. The zero-order valence-corrected chi connectivity index (χ0v) is 10.6. The first-order chi connectivity index (χ1) is 7.81. The van der Waals surface area contributed by atoms with Crippen molar-refractivity contribution in [2.75, 3.05) is 39.4 Å². The number of morpholine rings is 1. The Hall–Kier alpha value is -0.560. The van der Waals surface area contributed by atoms with Gasteiger partial charge in [-0.15, -0.1) is 12.8 Å². The molecule has 2 fully saturated rings. The maximum Gasteiger partial charge on any atom is 0.0634 e. The molecule has 2 aliphatic rings. The highest BCUT2D eigenvalue weighted by atomic mass is 16.5. The molecule has 2 atom stereocenters. The molecule has 2 aliphatic heterocycles.